The minimum atomic E-state index is -3.44. The highest BCUT2D eigenvalue weighted by Crippen LogP contribution is 2.15. The van der Waals surface area contributed by atoms with E-state index in [2.05, 4.69) is 16.5 Å². The number of likely N-dealkylation sites (N-methyl/N-ethyl adjacent to an activating group) is 1. The number of benzene rings is 1. The van der Waals surface area contributed by atoms with Gasteiger partial charge in [-0.05, 0) is 50.2 Å². The van der Waals surface area contributed by atoms with Crippen LogP contribution in [0.3, 0.4) is 0 Å². The first-order chi connectivity index (χ1) is 9.01. The monoisotopic (exact) mass is 283 g/mol. The molecule has 1 aliphatic heterocycles. The van der Waals surface area contributed by atoms with Crippen LogP contribution >= 0.6 is 0 Å². The summed E-state index contributed by atoms with van der Waals surface area (Å²) in [6, 6.07) is 6.29. The van der Waals surface area contributed by atoms with Gasteiger partial charge >= 0.3 is 0 Å². The van der Waals surface area contributed by atoms with Crippen LogP contribution in [0.25, 0.3) is 0 Å². The molecule has 0 unspecified atom stereocenters. The maximum atomic E-state index is 12.2. The van der Waals surface area contributed by atoms with Crippen molar-refractivity contribution in [3.05, 3.63) is 24.3 Å². The van der Waals surface area contributed by atoms with Crippen LogP contribution in [-0.4, -0.2) is 39.0 Å². The van der Waals surface area contributed by atoms with E-state index >= 15 is 0 Å². The molecule has 19 heavy (non-hydrogen) atoms. The van der Waals surface area contributed by atoms with E-state index in [4.69, 9.17) is 5.73 Å². The Labute approximate surface area is 114 Å². The van der Waals surface area contributed by atoms with Crippen molar-refractivity contribution in [3.8, 4) is 0 Å². The smallest absolute Gasteiger partial charge is 0.240 e. The van der Waals surface area contributed by atoms with E-state index in [1.165, 1.54) is 12.1 Å². The summed E-state index contributed by atoms with van der Waals surface area (Å²) in [7, 11) is -3.44. The summed E-state index contributed by atoms with van der Waals surface area (Å²) >= 11 is 0. The topological polar surface area (TPSA) is 75.4 Å². The summed E-state index contributed by atoms with van der Waals surface area (Å²) in [5, 5.41) is 0. The zero-order chi connectivity index (χ0) is 13.9. The van der Waals surface area contributed by atoms with E-state index in [0.717, 1.165) is 32.5 Å². The average molecular weight is 283 g/mol. The Kier molecular flexibility index (Phi) is 4.44. The molecule has 5 nitrogen and oxygen atoms in total. The fourth-order valence-corrected chi connectivity index (χ4v) is 3.64. The lowest BCUT2D eigenvalue weighted by atomic mass is 10.1. The van der Waals surface area contributed by atoms with Crippen molar-refractivity contribution in [3.63, 3.8) is 0 Å². The Bertz CT molecular complexity index is 513. The van der Waals surface area contributed by atoms with Gasteiger partial charge in [-0.2, -0.15) is 0 Å². The Balaban J connectivity index is 2.06. The van der Waals surface area contributed by atoms with E-state index < -0.39 is 10.0 Å². The largest absolute Gasteiger partial charge is 0.399 e. The molecular weight excluding hydrogens is 262 g/mol. The van der Waals surface area contributed by atoms with Crippen LogP contribution in [0.2, 0.25) is 0 Å². The Hall–Kier alpha value is -1.11. The van der Waals surface area contributed by atoms with Crippen molar-refractivity contribution in [1.29, 1.82) is 0 Å². The molecular formula is C13H21N3O2S. The van der Waals surface area contributed by atoms with Gasteiger partial charge in [-0.1, -0.05) is 6.92 Å². The van der Waals surface area contributed by atoms with Gasteiger partial charge in [-0.15, -0.1) is 0 Å². The molecule has 0 radical (unpaired) electrons. The molecule has 1 aromatic rings. The minimum Gasteiger partial charge on any atom is -0.399 e. The number of nitrogen functional groups attached to an aromatic ring is 1. The fraction of sp³-hybridized carbons (Fsp3) is 0.538. The molecule has 0 bridgehead atoms. The van der Waals surface area contributed by atoms with Crippen LogP contribution in [0.5, 0.6) is 0 Å². The first-order valence-corrected chi connectivity index (χ1v) is 8.10. The molecule has 1 heterocycles. The van der Waals surface area contributed by atoms with Crippen LogP contribution in [0.1, 0.15) is 19.8 Å². The number of piperidine rings is 1. The average Bonchev–Trinajstić information content (AvgIpc) is 2.39. The third kappa shape index (κ3) is 3.68. The fourth-order valence-electron chi connectivity index (χ4n) is 2.37. The van der Waals surface area contributed by atoms with Crippen LogP contribution in [0.4, 0.5) is 5.69 Å². The minimum absolute atomic E-state index is 0.00347. The first-order valence-electron chi connectivity index (χ1n) is 6.61. The lowest BCUT2D eigenvalue weighted by Crippen LogP contribution is -2.47. The van der Waals surface area contributed by atoms with Crippen molar-refractivity contribution >= 4 is 15.7 Å². The van der Waals surface area contributed by atoms with E-state index in [0.29, 0.717) is 5.69 Å². The Morgan fingerprint density at radius 2 is 2.05 bits per heavy atom. The molecule has 2 rings (SSSR count). The summed E-state index contributed by atoms with van der Waals surface area (Å²) in [5.41, 5.74) is 6.13. The molecule has 1 atom stereocenters. The van der Waals surface area contributed by atoms with Crippen molar-refractivity contribution in [1.82, 2.24) is 9.62 Å². The van der Waals surface area contributed by atoms with Gasteiger partial charge in [-0.25, -0.2) is 13.1 Å². The molecule has 3 N–H and O–H groups in total. The van der Waals surface area contributed by atoms with E-state index in [9.17, 15) is 8.42 Å². The second kappa shape index (κ2) is 5.90. The Morgan fingerprint density at radius 3 is 2.68 bits per heavy atom. The zero-order valence-corrected chi connectivity index (χ0v) is 12.0. The number of hydrogen-bond donors (Lipinski definition) is 2. The van der Waals surface area contributed by atoms with Crippen molar-refractivity contribution in [2.75, 3.05) is 25.4 Å². The van der Waals surface area contributed by atoms with Gasteiger partial charge < -0.3 is 10.6 Å². The third-order valence-corrected chi connectivity index (χ3v) is 5.00. The zero-order valence-electron chi connectivity index (χ0n) is 11.2. The summed E-state index contributed by atoms with van der Waals surface area (Å²) in [4.78, 5) is 2.54. The number of nitrogens with two attached hydrogens (primary N) is 1. The number of sulfonamides is 1. The standard InChI is InChI=1S/C13H21N3O2S/c1-2-16-9-3-4-12(10-16)15-19(17,18)13-7-5-11(14)6-8-13/h5-8,12,15H,2-4,9-10,14H2,1H3/t12-/m1/s1. The van der Waals surface area contributed by atoms with Crippen molar-refractivity contribution in [2.45, 2.75) is 30.7 Å². The SMILES string of the molecule is CCN1CCC[C@@H](NS(=O)(=O)c2ccc(N)cc2)C1. The first kappa shape index (κ1) is 14.3. The predicted octanol–water partition coefficient (Wildman–Crippen LogP) is 1.03. The molecule has 0 amide bonds. The number of hydrogen-bond acceptors (Lipinski definition) is 4. The number of nitrogens with zero attached hydrogens (tertiary/aromatic N) is 1. The van der Waals surface area contributed by atoms with E-state index in [-0.39, 0.29) is 10.9 Å². The molecule has 0 aromatic heterocycles. The lowest BCUT2D eigenvalue weighted by molar-refractivity contribution is 0.211. The van der Waals surface area contributed by atoms with Gasteiger partial charge in [0.25, 0.3) is 0 Å². The van der Waals surface area contributed by atoms with Gasteiger partial charge in [0.05, 0.1) is 4.90 Å². The van der Waals surface area contributed by atoms with E-state index in [1.54, 1.807) is 12.1 Å². The van der Waals surface area contributed by atoms with Crippen LogP contribution in [0, 0.1) is 0 Å². The molecule has 1 fully saturated rings. The summed E-state index contributed by atoms with van der Waals surface area (Å²) < 4.78 is 27.3. The third-order valence-electron chi connectivity index (χ3n) is 3.46. The number of likely N-dealkylation sites (tertiary alicyclic amines) is 1. The number of nitrogens with one attached hydrogen (secondary N) is 1. The molecule has 0 aliphatic carbocycles. The second-order valence-corrected chi connectivity index (χ2v) is 6.64. The highest BCUT2D eigenvalue weighted by atomic mass is 32.2. The normalized spacial score (nSPS) is 21.4. The molecule has 1 aliphatic rings. The lowest BCUT2D eigenvalue weighted by Gasteiger charge is -2.32. The maximum Gasteiger partial charge on any atom is 0.240 e. The number of anilines is 1. The van der Waals surface area contributed by atoms with Gasteiger partial charge in [0, 0.05) is 18.3 Å². The van der Waals surface area contributed by atoms with Gasteiger partial charge in [0.2, 0.25) is 10.0 Å². The van der Waals surface area contributed by atoms with Gasteiger partial charge in [0.1, 0.15) is 0 Å². The van der Waals surface area contributed by atoms with Crippen molar-refractivity contribution in [2.24, 2.45) is 0 Å². The second-order valence-electron chi connectivity index (χ2n) is 4.92. The molecule has 6 heteroatoms. The van der Waals surface area contributed by atoms with E-state index in [1.807, 2.05) is 0 Å². The molecule has 106 valence electrons. The highest BCUT2D eigenvalue weighted by molar-refractivity contribution is 7.89. The summed E-state index contributed by atoms with van der Waals surface area (Å²) in [6.45, 7) is 4.89. The molecule has 1 aromatic carbocycles. The summed E-state index contributed by atoms with van der Waals surface area (Å²) in [6.07, 6.45) is 1.92. The molecule has 0 saturated carbocycles. The van der Waals surface area contributed by atoms with Gasteiger partial charge in [-0.3, -0.25) is 0 Å². The predicted molar refractivity (Wildman–Crippen MR) is 76.3 cm³/mol. The summed E-state index contributed by atoms with van der Waals surface area (Å²) in [5.74, 6) is 0. The van der Waals surface area contributed by atoms with Crippen LogP contribution < -0.4 is 10.5 Å². The van der Waals surface area contributed by atoms with Crippen molar-refractivity contribution < 1.29 is 8.42 Å². The van der Waals surface area contributed by atoms with Crippen LogP contribution in [-0.2, 0) is 10.0 Å². The Morgan fingerprint density at radius 1 is 1.37 bits per heavy atom. The quantitative estimate of drug-likeness (QED) is 0.809. The van der Waals surface area contributed by atoms with Crippen LogP contribution in [0.15, 0.2) is 29.2 Å². The van der Waals surface area contributed by atoms with Gasteiger partial charge in [0.15, 0.2) is 0 Å². The molecule has 0 spiro atoms. The highest BCUT2D eigenvalue weighted by Gasteiger charge is 2.24. The number of rotatable bonds is 4. The maximum absolute atomic E-state index is 12.2. The molecule has 1 saturated heterocycles.